The van der Waals surface area contributed by atoms with Crippen molar-refractivity contribution < 1.29 is 4.74 Å². The van der Waals surface area contributed by atoms with E-state index in [0.717, 1.165) is 60.2 Å². The average molecular weight is 331 g/mol. The summed E-state index contributed by atoms with van der Waals surface area (Å²) in [5, 5.41) is 5.30. The number of para-hydroxylation sites is 1. The summed E-state index contributed by atoms with van der Waals surface area (Å²) in [4.78, 5) is 4.83. The molecule has 0 radical (unpaired) electrons. The molecule has 0 atom stereocenters. The molecule has 0 N–H and O–H groups in total. The maximum Gasteiger partial charge on any atom is 0.159 e. The van der Waals surface area contributed by atoms with Crippen molar-refractivity contribution in [1.82, 2.24) is 19.3 Å². The van der Waals surface area contributed by atoms with Crippen LogP contribution in [0.25, 0.3) is 22.6 Å². The van der Waals surface area contributed by atoms with Crippen molar-refractivity contribution in [3.63, 3.8) is 0 Å². The summed E-state index contributed by atoms with van der Waals surface area (Å²) in [7, 11) is 0. The van der Waals surface area contributed by atoms with Gasteiger partial charge in [-0.05, 0) is 38.0 Å². The van der Waals surface area contributed by atoms with E-state index in [1.54, 1.807) is 0 Å². The Morgan fingerprint density at radius 2 is 2.09 bits per heavy atom. The molecule has 3 aromatic rings. The standard InChI is InChI=1S/C17H19ClN4O/c1-2-21-16-13(18)4-3-5-14(16)20-17(21)15-6-9-19-22(15)12-7-10-23-11-8-12/h3-6,9,12H,2,7-8,10-11H2,1H3. The molecule has 1 aromatic carbocycles. The zero-order valence-corrected chi connectivity index (χ0v) is 13.8. The first-order valence-corrected chi connectivity index (χ1v) is 8.43. The second-order valence-corrected chi connectivity index (χ2v) is 6.20. The lowest BCUT2D eigenvalue weighted by atomic mass is 10.1. The van der Waals surface area contributed by atoms with Crippen LogP contribution in [0.4, 0.5) is 0 Å². The summed E-state index contributed by atoms with van der Waals surface area (Å²) in [6, 6.07) is 8.27. The Hall–Kier alpha value is -1.85. The van der Waals surface area contributed by atoms with Crippen molar-refractivity contribution in [3.05, 3.63) is 35.5 Å². The minimum absolute atomic E-state index is 0.370. The summed E-state index contributed by atoms with van der Waals surface area (Å²) in [5.41, 5.74) is 2.96. The van der Waals surface area contributed by atoms with Crippen LogP contribution in [0.5, 0.6) is 0 Å². The molecule has 1 saturated heterocycles. The molecular formula is C17H19ClN4O. The second kappa shape index (κ2) is 5.98. The molecule has 1 aliphatic rings. The van der Waals surface area contributed by atoms with Gasteiger partial charge in [0.2, 0.25) is 0 Å². The van der Waals surface area contributed by atoms with Crippen LogP contribution in [0.15, 0.2) is 30.5 Å². The zero-order chi connectivity index (χ0) is 15.8. The highest BCUT2D eigenvalue weighted by atomic mass is 35.5. The number of aryl methyl sites for hydroxylation is 1. The summed E-state index contributed by atoms with van der Waals surface area (Å²) < 4.78 is 9.74. The highest BCUT2D eigenvalue weighted by Gasteiger charge is 2.22. The third kappa shape index (κ3) is 2.44. The van der Waals surface area contributed by atoms with Gasteiger partial charge in [0, 0.05) is 26.0 Å². The van der Waals surface area contributed by atoms with Gasteiger partial charge in [-0.25, -0.2) is 4.98 Å². The normalized spacial score (nSPS) is 16.3. The topological polar surface area (TPSA) is 44.9 Å². The number of aromatic nitrogens is 4. The Morgan fingerprint density at radius 3 is 2.87 bits per heavy atom. The van der Waals surface area contributed by atoms with E-state index in [9.17, 15) is 0 Å². The van der Waals surface area contributed by atoms with Crippen molar-refractivity contribution >= 4 is 22.6 Å². The van der Waals surface area contributed by atoms with Gasteiger partial charge in [-0.2, -0.15) is 5.10 Å². The van der Waals surface area contributed by atoms with Gasteiger partial charge in [0.1, 0.15) is 5.69 Å². The first-order chi connectivity index (χ1) is 11.3. The largest absolute Gasteiger partial charge is 0.381 e. The summed E-state index contributed by atoms with van der Waals surface area (Å²) >= 11 is 6.40. The van der Waals surface area contributed by atoms with E-state index in [2.05, 4.69) is 21.3 Å². The number of rotatable bonds is 3. The van der Waals surface area contributed by atoms with Crippen molar-refractivity contribution in [2.75, 3.05) is 13.2 Å². The lowest BCUT2D eigenvalue weighted by Crippen LogP contribution is -2.21. The molecule has 0 unspecified atom stereocenters. The number of hydrogen-bond donors (Lipinski definition) is 0. The molecule has 0 bridgehead atoms. The molecular weight excluding hydrogens is 312 g/mol. The van der Waals surface area contributed by atoms with E-state index < -0.39 is 0 Å². The molecule has 4 rings (SSSR count). The quantitative estimate of drug-likeness (QED) is 0.731. The molecule has 5 nitrogen and oxygen atoms in total. The lowest BCUT2D eigenvalue weighted by Gasteiger charge is -2.24. The summed E-state index contributed by atoms with van der Waals surface area (Å²) in [5.74, 6) is 0.930. The molecule has 6 heteroatoms. The smallest absolute Gasteiger partial charge is 0.159 e. The monoisotopic (exact) mass is 330 g/mol. The van der Waals surface area contributed by atoms with Gasteiger partial charge >= 0.3 is 0 Å². The fourth-order valence-corrected chi connectivity index (χ4v) is 3.63. The number of benzene rings is 1. The SMILES string of the molecule is CCn1c(-c2ccnn2C2CCOCC2)nc2cccc(Cl)c21. The summed E-state index contributed by atoms with van der Waals surface area (Å²) in [6.07, 6.45) is 3.83. The molecule has 0 aliphatic carbocycles. The van der Waals surface area contributed by atoms with Gasteiger partial charge in [-0.15, -0.1) is 0 Å². The van der Waals surface area contributed by atoms with Gasteiger partial charge in [0.25, 0.3) is 0 Å². The van der Waals surface area contributed by atoms with Crippen molar-refractivity contribution in [1.29, 1.82) is 0 Å². The van der Waals surface area contributed by atoms with E-state index in [1.807, 2.05) is 30.5 Å². The average Bonchev–Trinajstić information content (AvgIpc) is 3.20. The number of imidazole rings is 1. The van der Waals surface area contributed by atoms with Crippen LogP contribution in [0.1, 0.15) is 25.8 Å². The van der Waals surface area contributed by atoms with Crippen molar-refractivity contribution in [3.8, 4) is 11.5 Å². The Balaban J connectivity index is 1.87. The van der Waals surface area contributed by atoms with Crippen molar-refractivity contribution in [2.45, 2.75) is 32.4 Å². The maximum atomic E-state index is 6.40. The number of hydrogen-bond acceptors (Lipinski definition) is 3. The summed E-state index contributed by atoms with van der Waals surface area (Å²) in [6.45, 7) is 4.51. The number of halogens is 1. The molecule has 0 amide bonds. The van der Waals surface area contributed by atoms with Crippen LogP contribution >= 0.6 is 11.6 Å². The van der Waals surface area contributed by atoms with Crippen LogP contribution in [0, 0.1) is 0 Å². The molecule has 0 saturated carbocycles. The minimum Gasteiger partial charge on any atom is -0.381 e. The molecule has 23 heavy (non-hydrogen) atoms. The number of nitrogens with zero attached hydrogens (tertiary/aromatic N) is 4. The lowest BCUT2D eigenvalue weighted by molar-refractivity contribution is 0.0667. The van der Waals surface area contributed by atoms with Crippen molar-refractivity contribution in [2.24, 2.45) is 0 Å². The first kappa shape index (κ1) is 14.7. The van der Waals surface area contributed by atoms with Crippen LogP contribution in [-0.4, -0.2) is 32.5 Å². The van der Waals surface area contributed by atoms with Crippen LogP contribution in [0.2, 0.25) is 5.02 Å². The maximum absolute atomic E-state index is 6.40. The highest BCUT2D eigenvalue weighted by molar-refractivity contribution is 6.35. The van der Waals surface area contributed by atoms with Crippen LogP contribution in [0.3, 0.4) is 0 Å². The predicted octanol–water partition coefficient (Wildman–Crippen LogP) is 3.92. The van der Waals surface area contributed by atoms with Gasteiger partial charge in [-0.3, -0.25) is 4.68 Å². The van der Waals surface area contributed by atoms with E-state index in [4.69, 9.17) is 21.3 Å². The third-order valence-electron chi connectivity index (χ3n) is 4.47. The molecule has 1 aliphatic heterocycles. The van der Waals surface area contributed by atoms with E-state index in [0.29, 0.717) is 6.04 Å². The second-order valence-electron chi connectivity index (χ2n) is 5.79. The van der Waals surface area contributed by atoms with E-state index in [1.165, 1.54) is 0 Å². The first-order valence-electron chi connectivity index (χ1n) is 8.06. The van der Waals surface area contributed by atoms with Gasteiger partial charge in [0.15, 0.2) is 5.82 Å². The molecule has 1 fully saturated rings. The fourth-order valence-electron chi connectivity index (χ4n) is 3.36. The Labute approximate surface area is 139 Å². The predicted molar refractivity (Wildman–Crippen MR) is 90.7 cm³/mol. The number of ether oxygens (including phenoxy) is 1. The Kier molecular flexibility index (Phi) is 3.83. The van der Waals surface area contributed by atoms with E-state index >= 15 is 0 Å². The third-order valence-corrected chi connectivity index (χ3v) is 4.77. The van der Waals surface area contributed by atoms with Gasteiger partial charge in [-0.1, -0.05) is 17.7 Å². The fraction of sp³-hybridized carbons (Fsp3) is 0.412. The minimum atomic E-state index is 0.370. The Bertz CT molecular complexity index is 832. The molecule has 0 spiro atoms. The van der Waals surface area contributed by atoms with Crippen LogP contribution in [-0.2, 0) is 11.3 Å². The van der Waals surface area contributed by atoms with Gasteiger partial charge < -0.3 is 9.30 Å². The Morgan fingerprint density at radius 1 is 1.26 bits per heavy atom. The number of fused-ring (bicyclic) bond motifs is 1. The highest BCUT2D eigenvalue weighted by Crippen LogP contribution is 2.32. The van der Waals surface area contributed by atoms with Crippen LogP contribution < -0.4 is 0 Å². The zero-order valence-electron chi connectivity index (χ0n) is 13.1. The molecule has 3 heterocycles. The molecule has 120 valence electrons. The molecule has 2 aromatic heterocycles. The van der Waals surface area contributed by atoms with E-state index in [-0.39, 0.29) is 0 Å². The van der Waals surface area contributed by atoms with Gasteiger partial charge in [0.05, 0.1) is 22.1 Å².